The summed E-state index contributed by atoms with van der Waals surface area (Å²) < 4.78 is 60.5. The molecule has 2 N–H and O–H groups in total. The Kier molecular flexibility index (Phi) is 5.37. The fourth-order valence-electron chi connectivity index (χ4n) is 3.22. The van der Waals surface area contributed by atoms with Crippen LogP contribution in [-0.2, 0) is 5.41 Å². The van der Waals surface area contributed by atoms with Gasteiger partial charge in [0.05, 0.1) is 13.0 Å². The largest absolute Gasteiger partial charge is 0.496 e. The molecule has 2 unspecified atom stereocenters. The van der Waals surface area contributed by atoms with E-state index in [0.717, 1.165) is 6.07 Å². The van der Waals surface area contributed by atoms with Crippen molar-refractivity contribution < 1.29 is 27.4 Å². The van der Waals surface area contributed by atoms with Crippen molar-refractivity contribution in [2.45, 2.75) is 50.3 Å². The molecule has 1 aromatic heterocycles. The lowest BCUT2D eigenvalue weighted by atomic mass is 9.70. The molecular formula is C18H22F4N2O2. The van der Waals surface area contributed by atoms with Crippen LogP contribution in [0.25, 0.3) is 0 Å². The van der Waals surface area contributed by atoms with Crippen LogP contribution in [-0.4, -0.2) is 34.0 Å². The van der Waals surface area contributed by atoms with E-state index in [1.54, 1.807) is 0 Å². The minimum absolute atomic E-state index is 0.0202. The third kappa shape index (κ3) is 3.70. The predicted octanol–water partition coefficient (Wildman–Crippen LogP) is 4.32. The number of nitrogens with zero attached hydrogens (tertiary/aromatic N) is 1. The molecule has 144 valence electrons. The molecule has 26 heavy (non-hydrogen) atoms. The van der Waals surface area contributed by atoms with Crippen LogP contribution in [0.2, 0.25) is 0 Å². The molecule has 0 bridgehead atoms. The van der Waals surface area contributed by atoms with Crippen molar-refractivity contribution in [1.82, 2.24) is 9.97 Å². The molecule has 0 aliphatic rings. The monoisotopic (exact) mass is 374 g/mol. The van der Waals surface area contributed by atoms with Gasteiger partial charge in [0, 0.05) is 18.0 Å². The van der Waals surface area contributed by atoms with Crippen LogP contribution in [0.4, 0.5) is 17.6 Å². The molecule has 2 atom stereocenters. The molecule has 1 heterocycles. The van der Waals surface area contributed by atoms with E-state index in [2.05, 4.69) is 9.97 Å². The number of aliphatic hydroxyl groups is 1. The number of methoxy groups -OCH3 is 1. The fraction of sp³-hybridized carbons (Fsp3) is 0.500. The first-order chi connectivity index (χ1) is 11.9. The van der Waals surface area contributed by atoms with E-state index in [0.29, 0.717) is 0 Å². The second kappa shape index (κ2) is 6.90. The van der Waals surface area contributed by atoms with E-state index < -0.39 is 35.3 Å². The topological polar surface area (TPSA) is 58.1 Å². The third-order valence-electron chi connectivity index (χ3n) is 4.74. The highest BCUT2D eigenvalue weighted by atomic mass is 19.4. The summed E-state index contributed by atoms with van der Waals surface area (Å²) >= 11 is 0. The lowest BCUT2D eigenvalue weighted by Gasteiger charge is -2.41. The zero-order valence-corrected chi connectivity index (χ0v) is 15.0. The molecule has 0 aliphatic heterocycles. The molecule has 1 aromatic carbocycles. The molecule has 0 amide bonds. The summed E-state index contributed by atoms with van der Waals surface area (Å²) in [6.07, 6.45) is -2.91. The quantitative estimate of drug-likeness (QED) is 0.741. The summed E-state index contributed by atoms with van der Waals surface area (Å²) in [7, 11) is 1.36. The number of benzene rings is 1. The highest BCUT2D eigenvalue weighted by Crippen LogP contribution is 2.49. The van der Waals surface area contributed by atoms with Crippen LogP contribution in [0.3, 0.4) is 0 Å². The Balaban J connectivity index is 2.50. The second-order valence-electron chi connectivity index (χ2n) is 7.02. The zero-order valence-electron chi connectivity index (χ0n) is 15.0. The normalized spacial score (nSPS) is 16.2. The Hall–Kier alpha value is -2.09. The van der Waals surface area contributed by atoms with Crippen molar-refractivity contribution >= 4 is 0 Å². The van der Waals surface area contributed by atoms with E-state index >= 15 is 0 Å². The van der Waals surface area contributed by atoms with E-state index in [4.69, 9.17) is 4.74 Å². The van der Waals surface area contributed by atoms with E-state index in [1.807, 2.05) is 0 Å². The number of aromatic nitrogens is 2. The lowest BCUT2D eigenvalue weighted by Crippen LogP contribution is -2.53. The molecule has 8 heteroatoms. The van der Waals surface area contributed by atoms with Gasteiger partial charge in [-0.1, -0.05) is 20.8 Å². The number of alkyl halides is 3. The van der Waals surface area contributed by atoms with E-state index in [1.165, 1.54) is 52.4 Å². The van der Waals surface area contributed by atoms with Gasteiger partial charge < -0.3 is 14.8 Å². The molecule has 0 radical (unpaired) electrons. The number of aromatic amines is 1. The molecule has 0 saturated heterocycles. The maximum Gasteiger partial charge on any atom is 0.417 e. The average Bonchev–Trinajstić information content (AvgIpc) is 3.06. The molecule has 2 aromatic rings. The second-order valence-corrected chi connectivity index (χ2v) is 7.02. The first-order valence-corrected chi connectivity index (χ1v) is 8.05. The van der Waals surface area contributed by atoms with Crippen molar-refractivity contribution in [3.8, 4) is 5.75 Å². The van der Waals surface area contributed by atoms with E-state index in [9.17, 15) is 22.7 Å². The van der Waals surface area contributed by atoms with Gasteiger partial charge in [0.25, 0.3) is 0 Å². The van der Waals surface area contributed by atoms with Crippen molar-refractivity contribution in [3.63, 3.8) is 0 Å². The Labute approximate surface area is 149 Å². The first-order valence-electron chi connectivity index (χ1n) is 8.05. The number of halogens is 4. The predicted molar refractivity (Wildman–Crippen MR) is 88.6 cm³/mol. The van der Waals surface area contributed by atoms with Crippen LogP contribution < -0.4 is 4.74 Å². The van der Waals surface area contributed by atoms with Crippen LogP contribution in [0.15, 0.2) is 30.6 Å². The molecule has 0 saturated carbocycles. The van der Waals surface area contributed by atoms with Crippen LogP contribution in [0.5, 0.6) is 5.75 Å². The number of rotatable bonds is 6. The van der Waals surface area contributed by atoms with Gasteiger partial charge in [-0.2, -0.15) is 13.2 Å². The standard InChI is InChI=1S/C18H22F4N2O2/c1-11(15-23-7-8-24-15)17(25,18(20,21)22)10-16(2,3)13-9-12(19)5-6-14(13)26-4/h5-9,11,25H,10H2,1-4H3,(H,23,24). The van der Waals surface area contributed by atoms with Gasteiger partial charge in [-0.3, -0.25) is 0 Å². The number of nitrogens with one attached hydrogen (secondary N) is 1. The Morgan fingerprint density at radius 2 is 1.92 bits per heavy atom. The maximum atomic E-state index is 13.9. The average molecular weight is 374 g/mol. The van der Waals surface area contributed by atoms with Crippen molar-refractivity contribution in [1.29, 1.82) is 0 Å². The number of hydrogen-bond acceptors (Lipinski definition) is 3. The van der Waals surface area contributed by atoms with Gasteiger partial charge in [0.1, 0.15) is 17.4 Å². The van der Waals surface area contributed by atoms with Gasteiger partial charge in [-0.05, 0) is 30.0 Å². The lowest BCUT2D eigenvalue weighted by molar-refractivity contribution is -0.275. The number of imidazole rings is 1. The van der Waals surface area contributed by atoms with Crippen molar-refractivity contribution in [3.05, 3.63) is 47.8 Å². The molecule has 2 rings (SSSR count). The summed E-state index contributed by atoms with van der Waals surface area (Å²) in [5, 5.41) is 10.7. The molecular weight excluding hydrogens is 352 g/mol. The molecule has 0 aliphatic carbocycles. The summed E-state index contributed by atoms with van der Waals surface area (Å²) in [6, 6.07) is 3.65. The van der Waals surface area contributed by atoms with Crippen LogP contribution >= 0.6 is 0 Å². The summed E-state index contributed by atoms with van der Waals surface area (Å²) in [5.41, 5.74) is -4.07. The van der Waals surface area contributed by atoms with Gasteiger partial charge in [-0.15, -0.1) is 0 Å². The van der Waals surface area contributed by atoms with Gasteiger partial charge >= 0.3 is 6.18 Å². The fourth-order valence-corrected chi connectivity index (χ4v) is 3.22. The smallest absolute Gasteiger partial charge is 0.417 e. The molecule has 0 fully saturated rings. The Morgan fingerprint density at radius 1 is 1.27 bits per heavy atom. The van der Waals surface area contributed by atoms with Crippen molar-refractivity contribution in [2.75, 3.05) is 7.11 Å². The molecule has 4 nitrogen and oxygen atoms in total. The van der Waals surface area contributed by atoms with Gasteiger partial charge in [0.2, 0.25) is 0 Å². The highest BCUT2D eigenvalue weighted by Gasteiger charge is 2.60. The van der Waals surface area contributed by atoms with Crippen molar-refractivity contribution in [2.24, 2.45) is 0 Å². The van der Waals surface area contributed by atoms with E-state index in [-0.39, 0.29) is 17.1 Å². The first kappa shape index (κ1) is 20.2. The maximum absolute atomic E-state index is 13.9. The minimum atomic E-state index is -4.92. The van der Waals surface area contributed by atoms with Gasteiger partial charge in [0.15, 0.2) is 5.60 Å². The Bertz CT molecular complexity index is 744. The number of ether oxygens (including phenoxy) is 1. The van der Waals surface area contributed by atoms with Crippen LogP contribution in [0.1, 0.15) is 44.5 Å². The SMILES string of the molecule is COc1ccc(F)cc1C(C)(C)CC(O)(C(C)c1ncc[nH]1)C(F)(F)F. The van der Waals surface area contributed by atoms with Crippen LogP contribution in [0, 0.1) is 5.82 Å². The van der Waals surface area contributed by atoms with Gasteiger partial charge in [-0.25, -0.2) is 9.37 Å². The Morgan fingerprint density at radius 3 is 2.42 bits per heavy atom. The summed E-state index contributed by atoms with van der Waals surface area (Å²) in [5.74, 6) is -1.67. The third-order valence-corrected chi connectivity index (χ3v) is 4.74. The zero-order chi connectivity index (χ0) is 19.8. The minimum Gasteiger partial charge on any atom is -0.496 e. The molecule has 0 spiro atoms. The number of hydrogen-bond donors (Lipinski definition) is 2. The summed E-state index contributed by atoms with van der Waals surface area (Å²) in [6.45, 7) is 4.27. The number of H-pyrrole nitrogens is 1. The summed E-state index contributed by atoms with van der Waals surface area (Å²) in [4.78, 5) is 6.46. The highest BCUT2D eigenvalue weighted by molar-refractivity contribution is 5.40.